The van der Waals surface area contributed by atoms with Crippen LogP contribution in [0.5, 0.6) is 0 Å². The summed E-state index contributed by atoms with van der Waals surface area (Å²) >= 11 is 0. The molecule has 0 amide bonds. The summed E-state index contributed by atoms with van der Waals surface area (Å²) < 4.78 is 14.5. The van der Waals surface area contributed by atoms with Crippen molar-refractivity contribution < 1.29 is 13.9 Å². The molecule has 0 heterocycles. The zero-order chi connectivity index (χ0) is 9.23. The topological polar surface area (TPSA) is 43.4 Å². The van der Waals surface area contributed by atoms with Crippen LogP contribution >= 0.6 is 8.69 Å². The second-order valence-electron chi connectivity index (χ2n) is 2.63. The average molecular weight is 214 g/mol. The van der Waals surface area contributed by atoms with E-state index in [1.165, 1.54) is 0 Å². The third kappa shape index (κ3) is 12.7. The van der Waals surface area contributed by atoms with Gasteiger partial charge in [0.1, 0.15) is 12.4 Å². The van der Waals surface area contributed by atoms with Gasteiger partial charge in [0.25, 0.3) is 0 Å². The second kappa shape index (κ2) is 12.7. The molecular formula is C8H16NaO3P+. The van der Waals surface area contributed by atoms with Crippen LogP contribution in [0.3, 0.4) is 0 Å². The summed E-state index contributed by atoms with van der Waals surface area (Å²) in [4.78, 5) is 10.8. The molecule has 0 aliphatic heterocycles. The number of carbonyl (C=O) groups excluding carboxylic acids is 1. The van der Waals surface area contributed by atoms with E-state index in [9.17, 15) is 9.36 Å². The Labute approximate surface area is 103 Å². The first-order valence-corrected chi connectivity index (χ1v) is 5.13. The van der Waals surface area contributed by atoms with Gasteiger partial charge in [-0.1, -0.05) is 13.3 Å². The molecule has 5 heteroatoms. The van der Waals surface area contributed by atoms with Gasteiger partial charge in [-0.25, -0.2) is 0 Å². The van der Waals surface area contributed by atoms with Crippen molar-refractivity contribution in [2.24, 2.45) is 0 Å². The summed E-state index contributed by atoms with van der Waals surface area (Å²) in [6.07, 6.45) is 4.12. The first-order chi connectivity index (χ1) is 5.81. The maximum atomic E-state index is 10.8. The monoisotopic (exact) mass is 214 g/mol. The summed E-state index contributed by atoms with van der Waals surface area (Å²) in [7, 11) is -0.652. The third-order valence-electron chi connectivity index (χ3n) is 1.66. The molecule has 0 fully saturated rings. The molecule has 0 aromatic heterocycles. The van der Waals surface area contributed by atoms with Gasteiger partial charge in [0.2, 0.25) is 0 Å². The summed E-state index contributed by atoms with van der Waals surface area (Å²) in [6.45, 7) is 2.42. The molecule has 1 radical (unpaired) electrons. The zero-order valence-corrected chi connectivity index (χ0v) is 11.5. The van der Waals surface area contributed by atoms with Crippen LogP contribution in [0.25, 0.3) is 0 Å². The van der Waals surface area contributed by atoms with E-state index in [2.05, 4.69) is 4.52 Å². The van der Waals surface area contributed by atoms with Crippen LogP contribution < -0.4 is 0 Å². The van der Waals surface area contributed by atoms with Crippen molar-refractivity contribution in [1.29, 1.82) is 0 Å². The molecule has 0 saturated heterocycles. The Hall–Kier alpha value is 0.730. The van der Waals surface area contributed by atoms with Crippen LogP contribution in [0.4, 0.5) is 0 Å². The van der Waals surface area contributed by atoms with Gasteiger partial charge >= 0.3 is 8.69 Å². The maximum absolute atomic E-state index is 10.8. The molecule has 0 aliphatic rings. The molecule has 0 spiro atoms. The molecule has 0 saturated carbocycles. The minimum absolute atomic E-state index is 0. The van der Waals surface area contributed by atoms with Gasteiger partial charge in [0.15, 0.2) is 0 Å². The molecule has 71 valence electrons. The van der Waals surface area contributed by atoms with Gasteiger partial charge in [0, 0.05) is 42.4 Å². The summed E-state index contributed by atoms with van der Waals surface area (Å²) in [6, 6.07) is 0. The number of rotatable bonds is 8. The number of Topliss-reactive ketones (excluding diaryl/α,β-unsaturated/α-hetero) is 1. The van der Waals surface area contributed by atoms with Gasteiger partial charge in [-0.15, -0.1) is 4.52 Å². The fourth-order valence-corrected chi connectivity index (χ4v) is 1.12. The van der Waals surface area contributed by atoms with E-state index in [0.29, 0.717) is 25.2 Å². The van der Waals surface area contributed by atoms with Crippen molar-refractivity contribution in [2.45, 2.75) is 39.0 Å². The largest absolute Gasteiger partial charge is 0.494 e. The van der Waals surface area contributed by atoms with E-state index < -0.39 is 8.69 Å². The standard InChI is InChI=1S/C8H16O3P.Na/c1-2-8(9)6-4-3-5-7-11-12-10;/h12H,2-7H2,1H3;/q+1;. The van der Waals surface area contributed by atoms with Crippen molar-refractivity contribution in [2.75, 3.05) is 6.61 Å². The van der Waals surface area contributed by atoms with Gasteiger partial charge in [-0.05, 0) is 17.4 Å². The molecule has 0 bridgehead atoms. The third-order valence-corrected chi connectivity index (χ3v) is 1.98. The average Bonchev–Trinajstić information content (AvgIpc) is 2.10. The van der Waals surface area contributed by atoms with Gasteiger partial charge in [-0.2, -0.15) is 0 Å². The molecule has 0 N–H and O–H groups in total. The molecule has 1 atom stereocenters. The maximum Gasteiger partial charge on any atom is 0.494 e. The minimum atomic E-state index is -0.652. The Morgan fingerprint density at radius 2 is 2.00 bits per heavy atom. The zero-order valence-electron chi connectivity index (χ0n) is 8.47. The Bertz CT molecular complexity index is 141. The van der Waals surface area contributed by atoms with Crippen molar-refractivity contribution in [3.8, 4) is 0 Å². The Morgan fingerprint density at radius 1 is 1.31 bits per heavy atom. The van der Waals surface area contributed by atoms with Gasteiger partial charge in [0.05, 0.1) is 0 Å². The van der Waals surface area contributed by atoms with E-state index in [0.717, 1.165) is 19.3 Å². The fraction of sp³-hybridized carbons (Fsp3) is 0.875. The molecule has 13 heavy (non-hydrogen) atoms. The van der Waals surface area contributed by atoms with Crippen LogP contribution in [0.15, 0.2) is 0 Å². The summed E-state index contributed by atoms with van der Waals surface area (Å²) in [5.41, 5.74) is 0. The van der Waals surface area contributed by atoms with Crippen LogP contribution in [0, 0.1) is 0 Å². The number of carbonyl (C=O) groups is 1. The van der Waals surface area contributed by atoms with Crippen molar-refractivity contribution in [3.05, 3.63) is 0 Å². The molecule has 0 aromatic carbocycles. The summed E-state index contributed by atoms with van der Waals surface area (Å²) in [5.74, 6) is 0.321. The molecule has 0 aromatic rings. The first-order valence-electron chi connectivity index (χ1n) is 4.32. The van der Waals surface area contributed by atoms with Gasteiger partial charge < -0.3 is 0 Å². The summed E-state index contributed by atoms with van der Waals surface area (Å²) in [5, 5.41) is 0. The van der Waals surface area contributed by atoms with E-state index in [1.807, 2.05) is 6.92 Å². The van der Waals surface area contributed by atoms with Crippen molar-refractivity contribution in [1.82, 2.24) is 0 Å². The van der Waals surface area contributed by atoms with Crippen LogP contribution in [0.1, 0.15) is 39.0 Å². The van der Waals surface area contributed by atoms with E-state index in [-0.39, 0.29) is 29.6 Å². The van der Waals surface area contributed by atoms with Crippen molar-refractivity contribution in [3.63, 3.8) is 0 Å². The predicted octanol–water partition coefficient (Wildman–Crippen LogP) is 2.10. The normalized spacial score (nSPS) is 9.62. The van der Waals surface area contributed by atoms with Gasteiger partial charge in [-0.3, -0.25) is 4.79 Å². The second-order valence-corrected chi connectivity index (χ2v) is 3.09. The molecule has 0 rings (SSSR count). The number of ketones is 1. The van der Waals surface area contributed by atoms with E-state index in [4.69, 9.17) is 0 Å². The van der Waals surface area contributed by atoms with E-state index in [1.54, 1.807) is 0 Å². The molecule has 3 nitrogen and oxygen atoms in total. The predicted molar refractivity (Wildman–Crippen MR) is 54.5 cm³/mol. The number of unbranched alkanes of at least 4 members (excludes halogenated alkanes) is 2. The van der Waals surface area contributed by atoms with Crippen molar-refractivity contribution >= 4 is 44.0 Å². The first kappa shape index (κ1) is 16.2. The van der Waals surface area contributed by atoms with Crippen LogP contribution in [-0.2, 0) is 13.9 Å². The Morgan fingerprint density at radius 3 is 2.54 bits per heavy atom. The van der Waals surface area contributed by atoms with Crippen LogP contribution in [-0.4, -0.2) is 41.9 Å². The molecule has 0 aliphatic carbocycles. The fourth-order valence-electron chi connectivity index (χ4n) is 0.892. The minimum Gasteiger partial charge on any atom is -0.300 e. The smallest absolute Gasteiger partial charge is 0.300 e. The van der Waals surface area contributed by atoms with Crippen LogP contribution in [0.2, 0.25) is 0 Å². The molecular weight excluding hydrogens is 198 g/mol. The van der Waals surface area contributed by atoms with E-state index >= 15 is 0 Å². The number of hydrogen-bond donors (Lipinski definition) is 0. The Kier molecular flexibility index (Phi) is 15.8. The SMILES string of the molecule is CCC(=O)CCCCCO[PH+]=O.[Na]. The Balaban J connectivity index is 0. The quantitative estimate of drug-likeness (QED) is 0.353. The number of hydrogen-bond acceptors (Lipinski definition) is 3. The molecule has 1 unspecified atom stereocenters.